The highest BCUT2D eigenvalue weighted by molar-refractivity contribution is 5.98. The Kier molecular flexibility index (Phi) is 1.81. The van der Waals surface area contributed by atoms with Crippen molar-refractivity contribution in [3.63, 3.8) is 0 Å². The van der Waals surface area contributed by atoms with Crippen molar-refractivity contribution in [1.29, 1.82) is 5.26 Å². The molecular formula is C7H7FN2. The fourth-order valence-corrected chi connectivity index (χ4v) is 0.838. The molecule has 1 rings (SSSR count). The number of hydrogen-bond acceptors (Lipinski definition) is 2. The number of dihydropyridines is 1. The van der Waals surface area contributed by atoms with Gasteiger partial charge < -0.3 is 0 Å². The number of aliphatic imine (C=N–C) groups is 1. The molecule has 1 aliphatic rings. The van der Waals surface area contributed by atoms with Gasteiger partial charge in [-0.05, 0) is 6.92 Å². The Balaban J connectivity index is 2.99. The number of rotatable bonds is 0. The minimum absolute atomic E-state index is 0.229. The Bertz CT molecular complexity index is 245. The van der Waals surface area contributed by atoms with E-state index in [0.29, 0.717) is 18.7 Å². The Hall–Kier alpha value is -1.17. The maximum atomic E-state index is 12.8. The molecule has 3 heteroatoms. The molecule has 0 spiro atoms. The second-order valence-corrected chi connectivity index (χ2v) is 2.12. The summed E-state index contributed by atoms with van der Waals surface area (Å²) in [5.74, 6) is -0.436. The molecule has 0 radical (unpaired) electrons. The van der Waals surface area contributed by atoms with E-state index in [4.69, 9.17) is 5.26 Å². The summed E-state index contributed by atoms with van der Waals surface area (Å²) in [5.41, 5.74) is 0.579. The summed E-state index contributed by atoms with van der Waals surface area (Å²) in [7, 11) is 0. The van der Waals surface area contributed by atoms with Crippen LogP contribution in [0.2, 0.25) is 0 Å². The van der Waals surface area contributed by atoms with E-state index >= 15 is 0 Å². The van der Waals surface area contributed by atoms with Gasteiger partial charge in [-0.1, -0.05) is 0 Å². The Morgan fingerprint density at radius 2 is 2.40 bits per heavy atom. The lowest BCUT2D eigenvalue weighted by Crippen LogP contribution is -2.04. The molecule has 2 nitrogen and oxygen atoms in total. The first-order chi connectivity index (χ1) is 4.75. The van der Waals surface area contributed by atoms with E-state index in [1.807, 2.05) is 6.07 Å². The molecule has 0 amide bonds. The van der Waals surface area contributed by atoms with Crippen molar-refractivity contribution in [3.05, 3.63) is 11.4 Å². The average Bonchev–Trinajstić information content (AvgIpc) is 1.95. The van der Waals surface area contributed by atoms with Gasteiger partial charge in [0.1, 0.15) is 0 Å². The van der Waals surface area contributed by atoms with Crippen LogP contribution in [0.5, 0.6) is 0 Å². The van der Waals surface area contributed by atoms with Gasteiger partial charge in [0.25, 0.3) is 0 Å². The molecule has 0 saturated heterocycles. The van der Waals surface area contributed by atoms with Crippen molar-refractivity contribution >= 4 is 5.71 Å². The Morgan fingerprint density at radius 1 is 1.70 bits per heavy atom. The van der Waals surface area contributed by atoms with Crippen molar-refractivity contribution in [2.45, 2.75) is 13.3 Å². The fraction of sp³-hybridized carbons (Fsp3) is 0.429. The van der Waals surface area contributed by atoms with Gasteiger partial charge in [-0.15, -0.1) is 0 Å². The molecule has 1 aliphatic heterocycles. The third-order valence-electron chi connectivity index (χ3n) is 1.43. The summed E-state index contributed by atoms with van der Waals surface area (Å²) in [6.07, 6.45) is 0.444. The third-order valence-corrected chi connectivity index (χ3v) is 1.43. The lowest BCUT2D eigenvalue weighted by Gasteiger charge is -2.06. The topological polar surface area (TPSA) is 36.1 Å². The zero-order valence-corrected chi connectivity index (χ0v) is 5.69. The lowest BCUT2D eigenvalue weighted by molar-refractivity contribution is 0.655. The minimum Gasteiger partial charge on any atom is -0.287 e. The van der Waals surface area contributed by atoms with Crippen LogP contribution in [0.3, 0.4) is 0 Å². The van der Waals surface area contributed by atoms with Crippen molar-refractivity contribution in [2.24, 2.45) is 4.99 Å². The lowest BCUT2D eigenvalue weighted by atomic mass is 10.1. The molecule has 0 atom stereocenters. The highest BCUT2D eigenvalue weighted by Gasteiger charge is 2.12. The van der Waals surface area contributed by atoms with E-state index in [9.17, 15) is 4.39 Å². The van der Waals surface area contributed by atoms with E-state index < -0.39 is 5.83 Å². The van der Waals surface area contributed by atoms with E-state index in [1.54, 1.807) is 6.92 Å². The van der Waals surface area contributed by atoms with Gasteiger partial charge in [0, 0.05) is 13.0 Å². The molecule has 0 fully saturated rings. The smallest absolute Gasteiger partial charge is 0.157 e. The first-order valence-electron chi connectivity index (χ1n) is 3.06. The summed E-state index contributed by atoms with van der Waals surface area (Å²) in [6, 6.07) is 1.81. The molecule has 0 N–H and O–H groups in total. The van der Waals surface area contributed by atoms with Crippen molar-refractivity contribution in [2.75, 3.05) is 6.54 Å². The quantitative estimate of drug-likeness (QED) is 0.500. The van der Waals surface area contributed by atoms with Gasteiger partial charge in [-0.3, -0.25) is 4.99 Å². The van der Waals surface area contributed by atoms with Gasteiger partial charge in [-0.25, -0.2) is 4.39 Å². The van der Waals surface area contributed by atoms with Gasteiger partial charge in [-0.2, -0.15) is 5.26 Å². The molecule has 0 aromatic heterocycles. The molecule has 1 heterocycles. The van der Waals surface area contributed by atoms with Crippen LogP contribution in [0.15, 0.2) is 16.4 Å². The largest absolute Gasteiger partial charge is 0.287 e. The second kappa shape index (κ2) is 2.61. The molecule has 0 aromatic carbocycles. The van der Waals surface area contributed by atoms with Crippen LogP contribution in [0.4, 0.5) is 4.39 Å². The molecule has 10 heavy (non-hydrogen) atoms. The Labute approximate surface area is 58.7 Å². The minimum atomic E-state index is -0.436. The van der Waals surface area contributed by atoms with Crippen molar-refractivity contribution < 1.29 is 4.39 Å². The number of nitrogens with zero attached hydrogens (tertiary/aromatic N) is 2. The number of hydrogen-bond donors (Lipinski definition) is 0. The first kappa shape index (κ1) is 6.94. The fourth-order valence-electron chi connectivity index (χ4n) is 0.838. The van der Waals surface area contributed by atoms with Crippen LogP contribution in [0.25, 0.3) is 0 Å². The summed E-state index contributed by atoms with van der Waals surface area (Å²) in [6.45, 7) is 2.12. The van der Waals surface area contributed by atoms with Crippen LogP contribution >= 0.6 is 0 Å². The first-order valence-corrected chi connectivity index (χ1v) is 3.06. The van der Waals surface area contributed by atoms with Gasteiger partial charge in [0.05, 0.1) is 17.4 Å². The SMILES string of the molecule is CC1=NCCC(C#N)=C1F. The van der Waals surface area contributed by atoms with Crippen LogP contribution in [0.1, 0.15) is 13.3 Å². The zero-order chi connectivity index (χ0) is 7.56. The van der Waals surface area contributed by atoms with Crippen LogP contribution in [-0.2, 0) is 0 Å². The highest BCUT2D eigenvalue weighted by Crippen LogP contribution is 2.16. The monoisotopic (exact) mass is 138 g/mol. The molecular weight excluding hydrogens is 131 g/mol. The number of halogens is 1. The van der Waals surface area contributed by atoms with Gasteiger partial charge in [0.15, 0.2) is 5.83 Å². The Morgan fingerprint density at radius 3 is 2.90 bits per heavy atom. The zero-order valence-electron chi connectivity index (χ0n) is 5.69. The third kappa shape index (κ3) is 1.06. The molecule has 0 unspecified atom stereocenters. The highest BCUT2D eigenvalue weighted by atomic mass is 19.1. The molecule has 0 aliphatic carbocycles. The van der Waals surface area contributed by atoms with Crippen LogP contribution in [0, 0.1) is 11.3 Å². The van der Waals surface area contributed by atoms with Crippen LogP contribution in [-0.4, -0.2) is 12.3 Å². The molecule has 0 bridgehead atoms. The predicted octanol–water partition coefficient (Wildman–Crippen LogP) is 1.60. The number of allylic oxidation sites excluding steroid dienone is 1. The summed E-state index contributed by atoms with van der Waals surface area (Å²) in [4.78, 5) is 3.84. The molecule has 0 saturated carbocycles. The molecule has 52 valence electrons. The van der Waals surface area contributed by atoms with E-state index in [1.165, 1.54) is 0 Å². The second-order valence-electron chi connectivity index (χ2n) is 2.12. The van der Waals surface area contributed by atoms with Crippen molar-refractivity contribution in [3.8, 4) is 6.07 Å². The normalized spacial score (nSPS) is 18.3. The van der Waals surface area contributed by atoms with E-state index in [0.717, 1.165) is 0 Å². The van der Waals surface area contributed by atoms with E-state index in [2.05, 4.69) is 4.99 Å². The summed E-state index contributed by atoms with van der Waals surface area (Å²) < 4.78 is 12.8. The maximum Gasteiger partial charge on any atom is 0.157 e. The van der Waals surface area contributed by atoms with Crippen molar-refractivity contribution in [1.82, 2.24) is 0 Å². The standard InChI is InChI=1S/C7H7FN2/c1-5-7(8)6(4-9)2-3-10-5/h2-3H2,1H3. The predicted molar refractivity (Wildman–Crippen MR) is 36.3 cm³/mol. The maximum absolute atomic E-state index is 12.8. The van der Waals surface area contributed by atoms with Gasteiger partial charge in [0.2, 0.25) is 0 Å². The van der Waals surface area contributed by atoms with Gasteiger partial charge >= 0.3 is 0 Å². The number of nitriles is 1. The molecule has 0 aromatic rings. The summed E-state index contributed by atoms with van der Waals surface area (Å²) >= 11 is 0. The summed E-state index contributed by atoms with van der Waals surface area (Å²) in [5, 5.41) is 8.38. The van der Waals surface area contributed by atoms with Crippen LogP contribution < -0.4 is 0 Å². The van der Waals surface area contributed by atoms with E-state index in [-0.39, 0.29) is 5.57 Å². The average molecular weight is 138 g/mol.